The van der Waals surface area contributed by atoms with Crippen molar-refractivity contribution in [2.45, 2.75) is 85.1 Å². The van der Waals surface area contributed by atoms with Crippen molar-refractivity contribution >= 4 is 11.7 Å². The van der Waals surface area contributed by atoms with Crippen molar-refractivity contribution in [3.8, 4) is 0 Å². The van der Waals surface area contributed by atoms with Crippen LogP contribution in [0.4, 0.5) is 0 Å². The summed E-state index contributed by atoms with van der Waals surface area (Å²) in [5.41, 5.74) is -0.0109. The van der Waals surface area contributed by atoms with Gasteiger partial charge in [0.15, 0.2) is 5.78 Å². The molecule has 1 aliphatic heterocycles. The number of carbonyl (C=O) groups excluding carboxylic acids is 2. The van der Waals surface area contributed by atoms with Crippen LogP contribution in [0.2, 0.25) is 0 Å². The number of aliphatic hydroxyl groups is 1. The number of amides is 1. The minimum Gasteiger partial charge on any atom is -0.512 e. The van der Waals surface area contributed by atoms with Crippen molar-refractivity contribution in [2.24, 2.45) is 5.92 Å². The number of aliphatic hydroxyl groups excluding tert-OH is 1. The Morgan fingerprint density at radius 3 is 2.04 bits per heavy atom. The van der Waals surface area contributed by atoms with Crippen molar-refractivity contribution in [3.63, 3.8) is 0 Å². The Balaban J connectivity index is 2.46. The van der Waals surface area contributed by atoms with Crippen LogP contribution in [0.5, 0.6) is 0 Å². The first-order valence-electron chi connectivity index (χ1n) is 9.16. The summed E-state index contributed by atoms with van der Waals surface area (Å²) in [6, 6.07) is -0.413. The molecule has 0 aromatic rings. The maximum atomic E-state index is 12.4. The summed E-state index contributed by atoms with van der Waals surface area (Å²) in [6.07, 6.45) is 9.64. The van der Waals surface area contributed by atoms with Gasteiger partial charge in [-0.05, 0) is 19.3 Å². The molecular weight excluding hydrogens is 290 g/mol. The fraction of sp³-hybridized carbons (Fsp3) is 0.789. The quantitative estimate of drug-likeness (QED) is 0.281. The number of ketones is 1. The van der Waals surface area contributed by atoms with Gasteiger partial charge in [0.25, 0.3) is 5.91 Å². The molecule has 132 valence electrons. The summed E-state index contributed by atoms with van der Waals surface area (Å²) >= 11 is 0. The Morgan fingerprint density at radius 1 is 1.04 bits per heavy atom. The van der Waals surface area contributed by atoms with Crippen LogP contribution in [0.15, 0.2) is 11.3 Å². The average molecular weight is 323 g/mol. The standard InChI is InChI=1S/C19H33NO3/c1-5-6-7-8-9-10-11-12-13-20-17(14(2)3)18(22)16(15(4)21)19(20)23/h14,17,21H,5-13H2,1-4H3. The third kappa shape index (κ3) is 5.36. The zero-order chi connectivity index (χ0) is 17.4. The second-order valence-corrected chi connectivity index (χ2v) is 6.99. The Hall–Kier alpha value is -1.32. The fourth-order valence-corrected chi connectivity index (χ4v) is 3.32. The molecule has 1 N–H and O–H groups in total. The van der Waals surface area contributed by atoms with E-state index in [0.717, 1.165) is 12.8 Å². The van der Waals surface area contributed by atoms with Gasteiger partial charge in [0.05, 0.1) is 6.04 Å². The number of hydrogen-bond acceptors (Lipinski definition) is 3. The smallest absolute Gasteiger partial charge is 0.261 e. The van der Waals surface area contributed by atoms with Gasteiger partial charge in [0, 0.05) is 6.54 Å². The van der Waals surface area contributed by atoms with E-state index in [1.54, 1.807) is 4.90 Å². The number of nitrogens with zero attached hydrogens (tertiary/aromatic N) is 1. The summed E-state index contributed by atoms with van der Waals surface area (Å²) in [4.78, 5) is 26.4. The lowest BCUT2D eigenvalue weighted by atomic mass is 9.98. The van der Waals surface area contributed by atoms with E-state index < -0.39 is 6.04 Å². The van der Waals surface area contributed by atoms with E-state index in [1.165, 1.54) is 45.4 Å². The summed E-state index contributed by atoms with van der Waals surface area (Å²) in [5, 5.41) is 9.63. The molecule has 1 rings (SSSR count). The number of unbranched alkanes of at least 4 members (excludes halogenated alkanes) is 7. The molecule has 4 nitrogen and oxygen atoms in total. The van der Waals surface area contributed by atoms with Crippen molar-refractivity contribution in [3.05, 3.63) is 11.3 Å². The van der Waals surface area contributed by atoms with Crippen LogP contribution in [-0.2, 0) is 9.59 Å². The SMILES string of the molecule is CCCCCCCCCCN1C(=O)C(=C(C)O)C(=O)C1C(C)C. The molecule has 1 unspecified atom stereocenters. The lowest BCUT2D eigenvalue weighted by Gasteiger charge is -2.25. The minimum absolute atomic E-state index is 0.0109. The molecule has 1 amide bonds. The highest BCUT2D eigenvalue weighted by Gasteiger charge is 2.45. The van der Waals surface area contributed by atoms with Gasteiger partial charge in [-0.3, -0.25) is 9.59 Å². The van der Waals surface area contributed by atoms with Gasteiger partial charge >= 0.3 is 0 Å². The van der Waals surface area contributed by atoms with Crippen LogP contribution < -0.4 is 0 Å². The van der Waals surface area contributed by atoms with Gasteiger partial charge < -0.3 is 10.0 Å². The topological polar surface area (TPSA) is 57.6 Å². The molecule has 0 aliphatic carbocycles. The summed E-state index contributed by atoms with van der Waals surface area (Å²) in [5.74, 6) is -0.595. The van der Waals surface area contributed by atoms with Gasteiger partial charge in [-0.1, -0.05) is 65.7 Å². The van der Waals surface area contributed by atoms with E-state index in [-0.39, 0.29) is 28.9 Å². The number of Topliss-reactive ketones (excluding diaryl/α,β-unsaturated/α-hetero) is 1. The van der Waals surface area contributed by atoms with E-state index in [0.29, 0.717) is 6.54 Å². The van der Waals surface area contributed by atoms with Crippen LogP contribution in [0.3, 0.4) is 0 Å². The summed E-state index contributed by atoms with van der Waals surface area (Å²) < 4.78 is 0. The van der Waals surface area contributed by atoms with Crippen LogP contribution in [-0.4, -0.2) is 34.3 Å². The largest absolute Gasteiger partial charge is 0.512 e. The molecule has 1 aliphatic rings. The first kappa shape index (κ1) is 19.7. The van der Waals surface area contributed by atoms with Crippen molar-refractivity contribution in [1.82, 2.24) is 4.90 Å². The Kier molecular flexibility index (Phi) is 8.35. The first-order valence-corrected chi connectivity index (χ1v) is 9.16. The maximum absolute atomic E-state index is 12.4. The number of likely N-dealkylation sites (tertiary alicyclic amines) is 1. The van der Waals surface area contributed by atoms with Gasteiger partial charge in [-0.2, -0.15) is 0 Å². The lowest BCUT2D eigenvalue weighted by molar-refractivity contribution is -0.128. The van der Waals surface area contributed by atoms with E-state index in [2.05, 4.69) is 6.92 Å². The predicted octanol–water partition coefficient (Wildman–Crippen LogP) is 4.40. The maximum Gasteiger partial charge on any atom is 0.261 e. The van der Waals surface area contributed by atoms with Crippen molar-refractivity contribution in [2.75, 3.05) is 6.54 Å². The van der Waals surface area contributed by atoms with E-state index in [1.807, 2.05) is 13.8 Å². The number of hydrogen-bond donors (Lipinski definition) is 1. The second-order valence-electron chi connectivity index (χ2n) is 6.99. The van der Waals surface area contributed by atoms with Gasteiger partial charge in [0.1, 0.15) is 11.3 Å². The normalized spacial score (nSPS) is 20.7. The minimum atomic E-state index is -0.413. The molecule has 0 saturated carbocycles. The van der Waals surface area contributed by atoms with Crippen molar-refractivity contribution in [1.29, 1.82) is 0 Å². The Bertz CT molecular complexity index is 436. The second kappa shape index (κ2) is 9.74. The van der Waals surface area contributed by atoms with E-state index in [9.17, 15) is 14.7 Å². The lowest BCUT2D eigenvalue weighted by Crippen LogP contribution is -2.39. The van der Waals surface area contributed by atoms with Crippen molar-refractivity contribution < 1.29 is 14.7 Å². The van der Waals surface area contributed by atoms with E-state index >= 15 is 0 Å². The number of carbonyl (C=O) groups is 2. The monoisotopic (exact) mass is 323 g/mol. The van der Waals surface area contributed by atoms with Crippen LogP contribution >= 0.6 is 0 Å². The average Bonchev–Trinajstić information content (AvgIpc) is 2.72. The van der Waals surface area contributed by atoms with Crippen LogP contribution in [0.1, 0.15) is 79.1 Å². The number of allylic oxidation sites excluding steroid dienone is 1. The van der Waals surface area contributed by atoms with Crippen LogP contribution in [0, 0.1) is 5.92 Å². The molecule has 1 atom stereocenters. The molecule has 0 aromatic carbocycles. The molecule has 1 saturated heterocycles. The Morgan fingerprint density at radius 2 is 1.57 bits per heavy atom. The third-order valence-corrected chi connectivity index (χ3v) is 4.57. The molecule has 0 bridgehead atoms. The molecule has 0 spiro atoms. The fourth-order valence-electron chi connectivity index (χ4n) is 3.32. The molecule has 1 fully saturated rings. The highest BCUT2D eigenvalue weighted by atomic mass is 16.3. The van der Waals surface area contributed by atoms with Gasteiger partial charge in [-0.25, -0.2) is 0 Å². The molecule has 0 aromatic heterocycles. The highest BCUT2D eigenvalue weighted by Crippen LogP contribution is 2.28. The van der Waals surface area contributed by atoms with Crippen LogP contribution in [0.25, 0.3) is 0 Å². The number of rotatable bonds is 10. The third-order valence-electron chi connectivity index (χ3n) is 4.57. The predicted molar refractivity (Wildman–Crippen MR) is 93.3 cm³/mol. The highest BCUT2D eigenvalue weighted by molar-refractivity contribution is 6.26. The molecule has 23 heavy (non-hydrogen) atoms. The molecular formula is C19H33NO3. The van der Waals surface area contributed by atoms with Gasteiger partial charge in [0.2, 0.25) is 0 Å². The Labute approximate surface area is 140 Å². The molecule has 0 radical (unpaired) electrons. The van der Waals surface area contributed by atoms with E-state index in [4.69, 9.17) is 0 Å². The zero-order valence-electron chi connectivity index (χ0n) is 15.2. The van der Waals surface area contributed by atoms with Gasteiger partial charge in [-0.15, -0.1) is 0 Å². The summed E-state index contributed by atoms with van der Waals surface area (Å²) in [7, 11) is 0. The summed E-state index contributed by atoms with van der Waals surface area (Å²) in [6.45, 7) is 8.15. The zero-order valence-corrected chi connectivity index (χ0v) is 15.2. The molecule has 4 heteroatoms. The molecule has 1 heterocycles. The first-order chi connectivity index (χ1) is 10.9.